The largest absolute Gasteiger partial charge is 0.486 e. The Bertz CT molecular complexity index is 1480. The van der Waals surface area contributed by atoms with Gasteiger partial charge in [-0.05, 0) is 54.7 Å². The number of anilines is 1. The van der Waals surface area contributed by atoms with E-state index in [1.165, 1.54) is 0 Å². The van der Waals surface area contributed by atoms with Crippen LogP contribution in [0.2, 0.25) is 0 Å². The minimum Gasteiger partial charge on any atom is -0.486 e. The second kappa shape index (κ2) is 11.6. The quantitative estimate of drug-likeness (QED) is 0.345. The highest BCUT2D eigenvalue weighted by molar-refractivity contribution is 6.02. The highest BCUT2D eigenvalue weighted by Gasteiger charge is 2.34. The Kier molecular flexibility index (Phi) is 7.76. The number of fused-ring (bicyclic) bond motifs is 2. The zero-order valence-corrected chi connectivity index (χ0v) is 22.5. The van der Waals surface area contributed by atoms with Crippen molar-refractivity contribution in [3.05, 3.63) is 77.9 Å². The summed E-state index contributed by atoms with van der Waals surface area (Å²) in [6.45, 7) is 7.44. The average molecular weight is 528 g/mol. The van der Waals surface area contributed by atoms with Gasteiger partial charge in [0.15, 0.2) is 11.5 Å². The van der Waals surface area contributed by atoms with Crippen LogP contribution in [0.3, 0.4) is 0 Å². The molecule has 1 atom stereocenters. The van der Waals surface area contributed by atoms with E-state index in [0.29, 0.717) is 48.4 Å². The fourth-order valence-electron chi connectivity index (χ4n) is 4.73. The van der Waals surface area contributed by atoms with Crippen molar-refractivity contribution in [1.29, 1.82) is 0 Å². The Hall–Kier alpha value is -4.40. The molecular formula is C30H33N5O4. The van der Waals surface area contributed by atoms with Gasteiger partial charge in [-0.25, -0.2) is 4.68 Å². The summed E-state index contributed by atoms with van der Waals surface area (Å²) in [5.41, 5.74) is 3.61. The summed E-state index contributed by atoms with van der Waals surface area (Å²) in [6.07, 6.45) is 0.829. The molecule has 1 aliphatic heterocycles. The van der Waals surface area contributed by atoms with Crippen molar-refractivity contribution in [3.8, 4) is 11.5 Å². The summed E-state index contributed by atoms with van der Waals surface area (Å²) in [5.74, 6) is 1.00. The van der Waals surface area contributed by atoms with Crippen molar-refractivity contribution in [1.82, 2.24) is 20.3 Å². The van der Waals surface area contributed by atoms with Crippen molar-refractivity contribution in [2.24, 2.45) is 5.92 Å². The molecule has 9 heteroatoms. The molecule has 0 fully saturated rings. The maximum Gasteiger partial charge on any atom is 0.249 e. The van der Waals surface area contributed by atoms with Crippen molar-refractivity contribution >= 4 is 28.5 Å². The zero-order valence-electron chi connectivity index (χ0n) is 22.5. The molecule has 0 saturated carbocycles. The monoisotopic (exact) mass is 527 g/mol. The van der Waals surface area contributed by atoms with Crippen LogP contribution in [0.1, 0.15) is 37.4 Å². The molecule has 1 aromatic heterocycles. The van der Waals surface area contributed by atoms with Gasteiger partial charge in [0.1, 0.15) is 31.3 Å². The summed E-state index contributed by atoms with van der Waals surface area (Å²) in [6, 6.07) is 19.5. The summed E-state index contributed by atoms with van der Waals surface area (Å²) in [4.78, 5) is 29.7. The van der Waals surface area contributed by atoms with Gasteiger partial charge in [0.2, 0.25) is 11.8 Å². The van der Waals surface area contributed by atoms with Crippen molar-refractivity contribution < 1.29 is 19.1 Å². The molecule has 202 valence electrons. The summed E-state index contributed by atoms with van der Waals surface area (Å²) in [7, 11) is 0. The molecular weight excluding hydrogens is 494 g/mol. The number of carbonyl (C=O) groups excluding carboxylic acids is 2. The molecule has 2 amide bonds. The number of nitrogens with zero attached hydrogens (tertiary/aromatic N) is 4. The minimum atomic E-state index is -0.914. The third-order valence-electron chi connectivity index (χ3n) is 6.79. The number of nitrogens with one attached hydrogen (secondary N) is 1. The number of para-hydroxylation sites is 1. The molecule has 5 rings (SSSR count). The molecule has 0 saturated heterocycles. The van der Waals surface area contributed by atoms with E-state index in [0.717, 1.165) is 23.1 Å². The van der Waals surface area contributed by atoms with Crippen molar-refractivity contribution in [2.45, 2.75) is 39.8 Å². The fourth-order valence-corrected chi connectivity index (χ4v) is 4.73. The molecule has 1 N–H and O–H groups in total. The van der Waals surface area contributed by atoms with Crippen LogP contribution in [-0.4, -0.2) is 46.6 Å². The lowest BCUT2D eigenvalue weighted by Gasteiger charge is -2.33. The van der Waals surface area contributed by atoms with E-state index in [-0.39, 0.29) is 18.4 Å². The third-order valence-corrected chi connectivity index (χ3v) is 6.79. The summed E-state index contributed by atoms with van der Waals surface area (Å²) >= 11 is 0. The SMILES string of the molecule is Cc1ccccc1[C@@H](C(=O)NCCC(C)C)N(C(=O)Cn1nnc2ccccc21)c1ccc2c(c1)OCCO2. The lowest BCUT2D eigenvalue weighted by molar-refractivity contribution is -0.127. The molecule has 1 aliphatic rings. The molecule has 0 radical (unpaired) electrons. The standard InChI is InChI=1S/C30H33N5O4/c1-20(2)14-15-31-30(37)29(23-9-5-4-8-21(23)3)35(22-12-13-26-27(18-22)39-17-16-38-26)28(36)19-34-25-11-7-6-10-24(25)32-33-34/h4-13,18,20,29H,14-17,19H2,1-3H3,(H,31,37)/t29-/m0/s1. The molecule has 9 nitrogen and oxygen atoms in total. The minimum absolute atomic E-state index is 0.101. The lowest BCUT2D eigenvalue weighted by atomic mass is 9.98. The number of ether oxygens (including phenoxy) is 2. The lowest BCUT2D eigenvalue weighted by Crippen LogP contribution is -2.46. The Balaban J connectivity index is 1.59. The first kappa shape index (κ1) is 26.2. The normalized spacial score (nSPS) is 13.3. The zero-order chi connectivity index (χ0) is 27.4. The van der Waals surface area contributed by atoms with Gasteiger partial charge < -0.3 is 14.8 Å². The molecule has 3 aromatic carbocycles. The van der Waals surface area contributed by atoms with Crippen molar-refractivity contribution in [3.63, 3.8) is 0 Å². The first-order valence-electron chi connectivity index (χ1n) is 13.3. The second-order valence-electron chi connectivity index (χ2n) is 10.1. The van der Waals surface area contributed by atoms with Crippen molar-refractivity contribution in [2.75, 3.05) is 24.7 Å². The number of rotatable bonds is 9. The summed E-state index contributed by atoms with van der Waals surface area (Å²) < 4.78 is 13.1. The van der Waals surface area contributed by atoms with E-state index in [1.807, 2.05) is 55.5 Å². The number of amides is 2. The number of benzene rings is 3. The van der Waals surface area contributed by atoms with Crippen LogP contribution in [-0.2, 0) is 16.1 Å². The van der Waals surface area contributed by atoms with Gasteiger partial charge in [-0.3, -0.25) is 14.5 Å². The maximum atomic E-state index is 14.2. The van der Waals surface area contributed by atoms with Gasteiger partial charge in [-0.15, -0.1) is 5.10 Å². The maximum absolute atomic E-state index is 14.2. The summed E-state index contributed by atoms with van der Waals surface area (Å²) in [5, 5.41) is 11.5. The fraction of sp³-hybridized carbons (Fsp3) is 0.333. The van der Waals surface area contributed by atoms with Gasteiger partial charge in [0.25, 0.3) is 0 Å². The average Bonchev–Trinajstić information content (AvgIpc) is 3.34. The van der Waals surface area contributed by atoms with E-state index >= 15 is 0 Å². The van der Waals surface area contributed by atoms with Crippen LogP contribution in [0.4, 0.5) is 5.69 Å². The number of carbonyl (C=O) groups is 2. The number of aromatic nitrogens is 3. The van der Waals surface area contributed by atoms with E-state index in [2.05, 4.69) is 29.5 Å². The van der Waals surface area contributed by atoms with E-state index in [9.17, 15) is 9.59 Å². The van der Waals surface area contributed by atoms with Crippen LogP contribution in [0, 0.1) is 12.8 Å². The first-order valence-corrected chi connectivity index (χ1v) is 13.3. The van der Waals surface area contributed by atoms with Gasteiger partial charge in [-0.1, -0.05) is 55.5 Å². The number of hydrogen-bond acceptors (Lipinski definition) is 6. The number of aryl methyl sites for hydroxylation is 1. The van der Waals surface area contributed by atoms with Crippen LogP contribution in [0.5, 0.6) is 11.5 Å². The second-order valence-corrected chi connectivity index (χ2v) is 10.1. The molecule has 4 aromatic rings. The Labute approximate surface area is 227 Å². The van der Waals surface area contributed by atoms with Gasteiger partial charge in [0, 0.05) is 18.3 Å². The van der Waals surface area contributed by atoms with Crippen LogP contribution >= 0.6 is 0 Å². The third kappa shape index (κ3) is 5.72. The van der Waals surface area contributed by atoms with E-state index in [4.69, 9.17) is 9.47 Å². The predicted octanol–water partition coefficient (Wildman–Crippen LogP) is 4.45. The smallest absolute Gasteiger partial charge is 0.249 e. The highest BCUT2D eigenvalue weighted by Crippen LogP contribution is 2.37. The van der Waals surface area contributed by atoms with Gasteiger partial charge >= 0.3 is 0 Å². The molecule has 0 aliphatic carbocycles. The van der Waals surface area contributed by atoms with Crippen LogP contribution < -0.4 is 19.7 Å². The van der Waals surface area contributed by atoms with E-state index in [1.54, 1.807) is 27.8 Å². The van der Waals surface area contributed by atoms with Gasteiger partial charge in [0.05, 0.1) is 5.52 Å². The number of hydrogen-bond donors (Lipinski definition) is 1. The Morgan fingerprint density at radius 2 is 1.74 bits per heavy atom. The Morgan fingerprint density at radius 1 is 1.00 bits per heavy atom. The van der Waals surface area contributed by atoms with Crippen LogP contribution in [0.25, 0.3) is 11.0 Å². The Morgan fingerprint density at radius 3 is 2.54 bits per heavy atom. The predicted molar refractivity (Wildman–Crippen MR) is 149 cm³/mol. The highest BCUT2D eigenvalue weighted by atomic mass is 16.6. The van der Waals surface area contributed by atoms with Crippen LogP contribution in [0.15, 0.2) is 66.7 Å². The first-order chi connectivity index (χ1) is 18.9. The molecule has 0 spiro atoms. The molecule has 2 heterocycles. The molecule has 0 unspecified atom stereocenters. The molecule has 0 bridgehead atoms. The van der Waals surface area contributed by atoms with Gasteiger partial charge in [-0.2, -0.15) is 0 Å². The van der Waals surface area contributed by atoms with E-state index < -0.39 is 6.04 Å². The topological polar surface area (TPSA) is 98.6 Å². The molecule has 39 heavy (non-hydrogen) atoms.